The van der Waals surface area contributed by atoms with Crippen molar-refractivity contribution in [2.45, 2.75) is 25.8 Å². The molecule has 1 atom stereocenters. The maximum Gasteiger partial charge on any atom is 0.290 e. The van der Waals surface area contributed by atoms with Crippen molar-refractivity contribution in [2.24, 2.45) is 0 Å². The van der Waals surface area contributed by atoms with Gasteiger partial charge in [0.1, 0.15) is 5.82 Å². The van der Waals surface area contributed by atoms with Gasteiger partial charge in [-0.1, -0.05) is 42.4 Å². The molecular formula is C23H21FN4O2. The monoisotopic (exact) mass is 404 g/mol. The van der Waals surface area contributed by atoms with Gasteiger partial charge < -0.3 is 9.84 Å². The smallest absolute Gasteiger partial charge is 0.290 e. The minimum absolute atomic E-state index is 0.177. The van der Waals surface area contributed by atoms with Gasteiger partial charge in [0.15, 0.2) is 0 Å². The van der Waals surface area contributed by atoms with Gasteiger partial charge in [-0.15, -0.1) is 0 Å². The lowest BCUT2D eigenvalue weighted by molar-refractivity contribution is 0.0914. The molecule has 0 unspecified atom stereocenters. The van der Waals surface area contributed by atoms with E-state index in [0.29, 0.717) is 6.42 Å². The van der Waals surface area contributed by atoms with Crippen LogP contribution in [0.4, 0.5) is 4.39 Å². The van der Waals surface area contributed by atoms with Crippen molar-refractivity contribution in [2.75, 3.05) is 0 Å². The number of carbonyl (C=O) groups is 1. The Bertz CT molecular complexity index is 1120. The van der Waals surface area contributed by atoms with Crippen LogP contribution in [0.1, 0.15) is 40.2 Å². The lowest BCUT2D eigenvalue weighted by atomic mass is 9.96. The van der Waals surface area contributed by atoms with Crippen LogP contribution in [0, 0.1) is 5.82 Å². The Hall–Kier alpha value is -3.74. The first-order valence-electron chi connectivity index (χ1n) is 9.67. The van der Waals surface area contributed by atoms with Crippen molar-refractivity contribution in [3.05, 3.63) is 101 Å². The lowest BCUT2D eigenvalue weighted by Crippen LogP contribution is -2.22. The molecule has 0 bridgehead atoms. The second-order valence-electron chi connectivity index (χ2n) is 7.15. The average molecular weight is 404 g/mol. The predicted molar refractivity (Wildman–Crippen MR) is 110 cm³/mol. The largest absolute Gasteiger partial charge is 0.351 e. The van der Waals surface area contributed by atoms with Crippen LogP contribution in [0.2, 0.25) is 0 Å². The molecule has 1 N–H and O–H groups in total. The molecule has 152 valence electrons. The molecule has 0 spiro atoms. The summed E-state index contributed by atoms with van der Waals surface area (Å²) in [5.41, 5.74) is 3.50. The number of aromatic nitrogens is 3. The SMILES string of the molecule is C[C@@H](Cc1cc(C(=O)NCc2cnn(-c3ccc(F)cc3)c2)on1)c1ccccc1. The third kappa shape index (κ3) is 4.63. The Kier molecular flexibility index (Phi) is 5.70. The molecule has 2 aromatic heterocycles. The molecule has 4 rings (SSSR count). The third-order valence-corrected chi connectivity index (χ3v) is 4.85. The van der Waals surface area contributed by atoms with Gasteiger partial charge in [-0.3, -0.25) is 4.79 Å². The summed E-state index contributed by atoms with van der Waals surface area (Å²) >= 11 is 0. The second-order valence-corrected chi connectivity index (χ2v) is 7.15. The number of nitrogens with zero attached hydrogens (tertiary/aromatic N) is 3. The highest BCUT2D eigenvalue weighted by atomic mass is 19.1. The molecule has 0 fully saturated rings. The van der Waals surface area contributed by atoms with Gasteiger partial charge in [-0.05, 0) is 42.2 Å². The summed E-state index contributed by atoms with van der Waals surface area (Å²) < 4.78 is 19.9. The van der Waals surface area contributed by atoms with Crippen molar-refractivity contribution in [1.82, 2.24) is 20.3 Å². The van der Waals surface area contributed by atoms with Gasteiger partial charge in [0, 0.05) is 24.4 Å². The molecule has 0 saturated carbocycles. The lowest BCUT2D eigenvalue weighted by Gasteiger charge is -2.08. The molecule has 1 amide bonds. The molecule has 6 nitrogen and oxygen atoms in total. The highest BCUT2D eigenvalue weighted by Crippen LogP contribution is 2.20. The minimum atomic E-state index is -0.337. The first-order chi connectivity index (χ1) is 14.6. The Labute approximate surface area is 173 Å². The highest BCUT2D eigenvalue weighted by molar-refractivity contribution is 5.91. The average Bonchev–Trinajstić information content (AvgIpc) is 3.43. The maximum atomic E-state index is 13.0. The van der Waals surface area contributed by atoms with Crippen LogP contribution in [0.25, 0.3) is 5.69 Å². The summed E-state index contributed by atoms with van der Waals surface area (Å²) in [6, 6.07) is 17.8. The molecule has 7 heteroatoms. The summed E-state index contributed by atoms with van der Waals surface area (Å²) in [7, 11) is 0. The molecule has 4 aromatic rings. The first-order valence-corrected chi connectivity index (χ1v) is 9.67. The number of nitrogens with one attached hydrogen (secondary N) is 1. The number of amides is 1. The normalized spacial score (nSPS) is 11.9. The van der Waals surface area contributed by atoms with Crippen LogP contribution in [-0.4, -0.2) is 20.8 Å². The van der Waals surface area contributed by atoms with E-state index >= 15 is 0 Å². The van der Waals surface area contributed by atoms with Crippen LogP contribution < -0.4 is 5.32 Å². The Morgan fingerprint density at radius 3 is 2.70 bits per heavy atom. The van der Waals surface area contributed by atoms with Crippen molar-refractivity contribution in [3.63, 3.8) is 0 Å². The zero-order chi connectivity index (χ0) is 20.9. The van der Waals surface area contributed by atoms with Crippen molar-refractivity contribution in [1.29, 1.82) is 0 Å². The van der Waals surface area contributed by atoms with Gasteiger partial charge >= 0.3 is 0 Å². The number of carbonyl (C=O) groups excluding carboxylic acids is 1. The van der Waals surface area contributed by atoms with E-state index in [-0.39, 0.29) is 29.9 Å². The maximum absolute atomic E-state index is 13.0. The zero-order valence-electron chi connectivity index (χ0n) is 16.5. The summed E-state index contributed by atoms with van der Waals surface area (Å²) in [5, 5.41) is 11.1. The van der Waals surface area contributed by atoms with Crippen molar-refractivity contribution >= 4 is 5.91 Å². The zero-order valence-corrected chi connectivity index (χ0v) is 16.5. The van der Waals surface area contributed by atoms with Crippen molar-refractivity contribution < 1.29 is 13.7 Å². The Balaban J connectivity index is 1.33. The van der Waals surface area contributed by atoms with E-state index in [1.54, 1.807) is 35.3 Å². The van der Waals surface area contributed by atoms with Gasteiger partial charge in [0.05, 0.1) is 17.6 Å². The topological polar surface area (TPSA) is 73.0 Å². The molecule has 2 heterocycles. The molecule has 0 saturated heterocycles. The number of benzene rings is 2. The number of hydrogen-bond acceptors (Lipinski definition) is 4. The molecule has 30 heavy (non-hydrogen) atoms. The molecule has 0 aliphatic rings. The fraction of sp³-hybridized carbons (Fsp3) is 0.174. The van der Waals surface area contributed by atoms with E-state index in [4.69, 9.17) is 4.52 Å². The summed E-state index contributed by atoms with van der Waals surface area (Å²) in [6.45, 7) is 2.40. The van der Waals surface area contributed by atoms with E-state index in [2.05, 4.69) is 34.6 Å². The standard InChI is InChI=1S/C23H21FN4O2/c1-16(18-5-3-2-4-6-18)11-20-12-22(30-27-20)23(29)25-13-17-14-26-28(15-17)21-9-7-19(24)8-10-21/h2-10,12,14-16H,11,13H2,1H3,(H,25,29)/t16-/m0/s1. The summed E-state index contributed by atoms with van der Waals surface area (Å²) in [4.78, 5) is 12.4. The number of hydrogen-bond donors (Lipinski definition) is 1. The summed E-state index contributed by atoms with van der Waals surface area (Å²) in [5.74, 6) is -0.195. The Morgan fingerprint density at radius 1 is 1.17 bits per heavy atom. The van der Waals surface area contributed by atoms with Crippen LogP contribution >= 0.6 is 0 Å². The quantitative estimate of drug-likeness (QED) is 0.499. The van der Waals surface area contributed by atoms with Gasteiger partial charge in [0.25, 0.3) is 5.91 Å². The van der Waals surface area contributed by atoms with Gasteiger partial charge in [-0.2, -0.15) is 5.10 Å². The van der Waals surface area contributed by atoms with Crippen LogP contribution in [0.5, 0.6) is 0 Å². The number of rotatable bonds is 7. The van der Waals surface area contributed by atoms with E-state index in [1.165, 1.54) is 17.7 Å². The van der Waals surface area contributed by atoms with Crippen molar-refractivity contribution in [3.8, 4) is 5.69 Å². The van der Waals surface area contributed by atoms with Crippen LogP contribution in [-0.2, 0) is 13.0 Å². The fourth-order valence-electron chi connectivity index (χ4n) is 3.18. The van der Waals surface area contributed by atoms with E-state index in [1.807, 2.05) is 18.2 Å². The molecular weight excluding hydrogens is 383 g/mol. The van der Waals surface area contributed by atoms with Gasteiger partial charge in [0.2, 0.25) is 5.76 Å². The summed E-state index contributed by atoms with van der Waals surface area (Å²) in [6.07, 6.45) is 4.11. The number of halogens is 1. The molecule has 0 aliphatic carbocycles. The van der Waals surface area contributed by atoms with Gasteiger partial charge in [-0.25, -0.2) is 9.07 Å². The molecule has 0 radical (unpaired) electrons. The minimum Gasteiger partial charge on any atom is -0.351 e. The first kappa shape index (κ1) is 19.6. The fourth-order valence-corrected chi connectivity index (χ4v) is 3.18. The van der Waals surface area contributed by atoms with Crippen LogP contribution in [0.3, 0.4) is 0 Å². The highest BCUT2D eigenvalue weighted by Gasteiger charge is 2.15. The third-order valence-electron chi connectivity index (χ3n) is 4.85. The van der Waals surface area contributed by atoms with E-state index < -0.39 is 0 Å². The molecule has 0 aliphatic heterocycles. The van der Waals surface area contributed by atoms with E-state index in [9.17, 15) is 9.18 Å². The van der Waals surface area contributed by atoms with E-state index in [0.717, 1.165) is 16.9 Å². The molecule has 2 aromatic carbocycles. The Morgan fingerprint density at radius 2 is 1.93 bits per heavy atom. The van der Waals surface area contributed by atoms with Crippen LogP contribution in [0.15, 0.2) is 77.6 Å². The predicted octanol–water partition coefficient (Wildman–Crippen LogP) is 4.28. The second kappa shape index (κ2) is 8.73.